The number of pyridine rings is 1. The summed E-state index contributed by atoms with van der Waals surface area (Å²) in [7, 11) is 0. The fourth-order valence-electron chi connectivity index (χ4n) is 3.40. The van der Waals surface area contributed by atoms with E-state index in [9.17, 15) is 10.1 Å². The van der Waals surface area contributed by atoms with Crippen molar-refractivity contribution in [2.75, 3.05) is 5.32 Å². The summed E-state index contributed by atoms with van der Waals surface area (Å²) in [5, 5.41) is 21.3. The van der Waals surface area contributed by atoms with Gasteiger partial charge in [0, 0.05) is 40.5 Å². The van der Waals surface area contributed by atoms with E-state index in [2.05, 4.69) is 21.4 Å². The molecular formula is C20H17N5O2. The predicted molar refractivity (Wildman–Crippen MR) is 99.6 cm³/mol. The van der Waals surface area contributed by atoms with Gasteiger partial charge >= 0.3 is 6.09 Å². The van der Waals surface area contributed by atoms with Crippen LogP contribution < -0.4 is 5.32 Å². The molecule has 1 aromatic carbocycles. The van der Waals surface area contributed by atoms with E-state index in [4.69, 9.17) is 10.1 Å². The first-order chi connectivity index (χ1) is 13.0. The average Bonchev–Trinajstić information content (AvgIpc) is 3.42. The number of hydrogen-bond acceptors (Lipinski definition) is 5. The number of hydrogen-bond donors (Lipinski definition) is 2. The Hall–Kier alpha value is -3.53. The first kappa shape index (κ1) is 16.9. The van der Waals surface area contributed by atoms with E-state index in [1.165, 1.54) is 0 Å². The Morgan fingerprint density at radius 2 is 2.15 bits per heavy atom. The smallest absolute Gasteiger partial charge is 0.409 e. The molecule has 2 atom stereocenters. The molecule has 7 heteroatoms. The molecule has 1 aliphatic rings. The van der Waals surface area contributed by atoms with Crippen LogP contribution in [0.5, 0.6) is 0 Å². The number of amides is 1. The molecule has 2 aromatic heterocycles. The van der Waals surface area contributed by atoms with Crippen molar-refractivity contribution < 1.29 is 9.90 Å². The van der Waals surface area contributed by atoms with Crippen molar-refractivity contribution in [3.8, 4) is 6.07 Å². The van der Waals surface area contributed by atoms with Gasteiger partial charge in [0.1, 0.15) is 5.82 Å². The van der Waals surface area contributed by atoms with Crippen molar-refractivity contribution >= 4 is 22.7 Å². The maximum Gasteiger partial charge on any atom is 0.409 e. The highest BCUT2D eigenvalue weighted by molar-refractivity contribution is 5.90. The number of fused-ring (bicyclic) bond motifs is 1. The van der Waals surface area contributed by atoms with Crippen molar-refractivity contribution in [3.05, 3.63) is 59.3 Å². The number of benzene rings is 1. The quantitative estimate of drug-likeness (QED) is 0.733. The summed E-state index contributed by atoms with van der Waals surface area (Å²) in [6, 6.07) is 11.2. The third-order valence-electron chi connectivity index (χ3n) is 4.75. The number of aryl methyl sites for hydroxylation is 1. The van der Waals surface area contributed by atoms with Gasteiger partial charge in [0.25, 0.3) is 0 Å². The third-order valence-corrected chi connectivity index (χ3v) is 4.75. The zero-order chi connectivity index (χ0) is 19.0. The number of nitriles is 1. The van der Waals surface area contributed by atoms with Crippen LogP contribution in [0.2, 0.25) is 0 Å². The summed E-state index contributed by atoms with van der Waals surface area (Å²) < 4.78 is 0. The van der Waals surface area contributed by atoms with Gasteiger partial charge in [-0.05, 0) is 43.2 Å². The van der Waals surface area contributed by atoms with Crippen LogP contribution in [0.4, 0.5) is 10.5 Å². The Labute approximate surface area is 155 Å². The van der Waals surface area contributed by atoms with Gasteiger partial charge < -0.3 is 5.11 Å². The first-order valence-corrected chi connectivity index (χ1v) is 8.65. The zero-order valence-corrected chi connectivity index (χ0v) is 14.7. The minimum absolute atomic E-state index is 0.213. The van der Waals surface area contributed by atoms with E-state index in [-0.39, 0.29) is 18.3 Å². The second-order valence-electron chi connectivity index (χ2n) is 6.71. The molecule has 1 aliphatic carbocycles. The van der Waals surface area contributed by atoms with Gasteiger partial charge in [-0.25, -0.2) is 14.8 Å². The number of carboxylic acid groups (broad SMARTS) is 1. The molecule has 7 nitrogen and oxygen atoms in total. The van der Waals surface area contributed by atoms with Crippen LogP contribution in [0.25, 0.3) is 10.9 Å². The molecule has 0 bridgehead atoms. The summed E-state index contributed by atoms with van der Waals surface area (Å²) in [5.74, 6) is 1.26. The Bertz CT molecular complexity index is 1090. The minimum atomic E-state index is -1.12. The number of nitrogens with zero attached hydrogens (tertiary/aromatic N) is 4. The molecule has 0 aliphatic heterocycles. The van der Waals surface area contributed by atoms with Crippen molar-refractivity contribution in [2.45, 2.75) is 31.6 Å². The monoisotopic (exact) mass is 359 g/mol. The lowest BCUT2D eigenvalue weighted by molar-refractivity contribution is 0.210. The summed E-state index contributed by atoms with van der Waals surface area (Å²) in [4.78, 5) is 24.5. The lowest BCUT2D eigenvalue weighted by Crippen LogP contribution is -2.07. The van der Waals surface area contributed by atoms with Gasteiger partial charge in [-0.2, -0.15) is 5.26 Å². The number of aromatic nitrogens is 3. The molecule has 2 heterocycles. The van der Waals surface area contributed by atoms with E-state index in [1.807, 2.05) is 19.1 Å². The molecule has 0 spiro atoms. The van der Waals surface area contributed by atoms with Crippen LogP contribution in [-0.4, -0.2) is 26.2 Å². The van der Waals surface area contributed by atoms with Crippen LogP contribution in [0.3, 0.4) is 0 Å². The maximum atomic E-state index is 10.9. The van der Waals surface area contributed by atoms with Gasteiger partial charge in [-0.1, -0.05) is 6.07 Å². The van der Waals surface area contributed by atoms with Crippen LogP contribution in [0.1, 0.15) is 41.0 Å². The van der Waals surface area contributed by atoms with Gasteiger partial charge in [0.2, 0.25) is 0 Å². The molecular weight excluding hydrogens is 342 g/mol. The molecule has 1 fully saturated rings. The third kappa shape index (κ3) is 3.42. The molecule has 0 radical (unpaired) electrons. The first-order valence-electron chi connectivity index (χ1n) is 8.65. The van der Waals surface area contributed by atoms with Crippen LogP contribution in [0.15, 0.2) is 36.5 Å². The fourth-order valence-corrected chi connectivity index (χ4v) is 3.40. The number of nitrogens with one attached hydrogen (secondary N) is 1. The van der Waals surface area contributed by atoms with Gasteiger partial charge in [-0.15, -0.1) is 0 Å². The maximum absolute atomic E-state index is 10.9. The van der Waals surface area contributed by atoms with Crippen molar-refractivity contribution in [1.29, 1.82) is 5.26 Å². The number of carbonyl (C=O) groups is 1. The molecule has 134 valence electrons. The molecule has 1 saturated carbocycles. The van der Waals surface area contributed by atoms with Crippen LogP contribution >= 0.6 is 0 Å². The largest absolute Gasteiger partial charge is 0.465 e. The van der Waals surface area contributed by atoms with Gasteiger partial charge in [-0.3, -0.25) is 10.3 Å². The Morgan fingerprint density at radius 3 is 2.89 bits per heavy atom. The standard InChI is InChI=1S/C20H17N5O2/c1-11-5-7-22-19(23-11)16-10-15(16)17-8-12(4-6-21)14-3-2-13(24-20(26)27)9-18(14)25-17/h2-3,5,7-9,15-16,24H,4,10H2,1H3,(H,26,27)/t15-,16-/m0/s1. The topological polar surface area (TPSA) is 112 Å². The normalized spacial score (nSPS) is 18.1. The highest BCUT2D eigenvalue weighted by Crippen LogP contribution is 2.53. The van der Waals surface area contributed by atoms with Crippen LogP contribution in [-0.2, 0) is 6.42 Å². The molecule has 0 saturated heterocycles. The van der Waals surface area contributed by atoms with Gasteiger partial charge in [0.15, 0.2) is 0 Å². The summed E-state index contributed by atoms with van der Waals surface area (Å²) in [5.41, 5.74) is 3.87. The molecule has 3 aromatic rings. The second-order valence-corrected chi connectivity index (χ2v) is 6.71. The molecule has 2 N–H and O–H groups in total. The van der Waals surface area contributed by atoms with E-state index in [1.54, 1.807) is 24.4 Å². The summed E-state index contributed by atoms with van der Waals surface area (Å²) in [6.45, 7) is 1.94. The molecule has 0 unspecified atom stereocenters. The SMILES string of the molecule is Cc1ccnc([C@H]2C[C@@H]2c2cc(CC#N)c3ccc(NC(=O)O)cc3n2)n1. The molecule has 27 heavy (non-hydrogen) atoms. The highest BCUT2D eigenvalue weighted by atomic mass is 16.4. The van der Waals surface area contributed by atoms with Crippen molar-refractivity contribution in [2.24, 2.45) is 0 Å². The summed E-state index contributed by atoms with van der Waals surface area (Å²) in [6.07, 6.45) is 1.84. The van der Waals surface area contributed by atoms with Crippen molar-refractivity contribution in [1.82, 2.24) is 15.0 Å². The number of anilines is 1. The minimum Gasteiger partial charge on any atom is -0.465 e. The fraction of sp³-hybridized carbons (Fsp3) is 0.250. The Kier molecular flexibility index (Phi) is 4.16. The lowest BCUT2D eigenvalue weighted by atomic mass is 10.0. The lowest BCUT2D eigenvalue weighted by Gasteiger charge is -2.09. The summed E-state index contributed by atoms with van der Waals surface area (Å²) >= 11 is 0. The highest BCUT2D eigenvalue weighted by Gasteiger charge is 2.43. The molecule has 4 rings (SSSR count). The van der Waals surface area contributed by atoms with Gasteiger partial charge in [0.05, 0.1) is 18.0 Å². The number of rotatable bonds is 4. The zero-order valence-electron chi connectivity index (χ0n) is 14.7. The van der Waals surface area contributed by atoms with E-state index < -0.39 is 6.09 Å². The molecule has 1 amide bonds. The van der Waals surface area contributed by atoms with E-state index >= 15 is 0 Å². The van der Waals surface area contributed by atoms with E-state index in [0.29, 0.717) is 11.2 Å². The van der Waals surface area contributed by atoms with Crippen LogP contribution in [0, 0.1) is 18.3 Å². The Balaban J connectivity index is 1.72. The predicted octanol–water partition coefficient (Wildman–Crippen LogP) is 3.76. The average molecular weight is 359 g/mol. The van der Waals surface area contributed by atoms with Crippen molar-refractivity contribution in [3.63, 3.8) is 0 Å². The van der Waals surface area contributed by atoms with E-state index in [0.717, 1.165) is 34.6 Å². The second kappa shape index (κ2) is 6.65. The Morgan fingerprint density at radius 1 is 1.30 bits per heavy atom.